The van der Waals surface area contributed by atoms with Gasteiger partial charge in [-0.25, -0.2) is 4.39 Å². The molecule has 18 heavy (non-hydrogen) atoms. The predicted molar refractivity (Wildman–Crippen MR) is 64.6 cm³/mol. The van der Waals surface area contributed by atoms with Gasteiger partial charge in [0, 0.05) is 38.3 Å². The third-order valence-corrected chi connectivity index (χ3v) is 3.19. The zero-order valence-corrected chi connectivity index (χ0v) is 9.93. The summed E-state index contributed by atoms with van der Waals surface area (Å²) >= 11 is 0. The predicted octanol–water partition coefficient (Wildman–Crippen LogP) is 0.719. The normalized spacial score (nSPS) is 18.7. The van der Waals surface area contributed by atoms with E-state index in [1.54, 1.807) is 0 Å². The van der Waals surface area contributed by atoms with Crippen LogP contribution in [0.15, 0.2) is 12.1 Å². The molecule has 0 bridgehead atoms. The van der Waals surface area contributed by atoms with Gasteiger partial charge in [-0.3, -0.25) is 4.90 Å². The first-order valence-electron chi connectivity index (χ1n) is 5.89. The van der Waals surface area contributed by atoms with E-state index in [2.05, 4.69) is 5.32 Å². The molecule has 1 atom stereocenters. The van der Waals surface area contributed by atoms with Crippen LogP contribution < -0.4 is 5.32 Å². The number of halogens is 1. The molecule has 0 aromatic heterocycles. The van der Waals surface area contributed by atoms with Crippen LogP contribution in [0.25, 0.3) is 0 Å². The lowest BCUT2D eigenvalue weighted by atomic mass is 10.0. The van der Waals surface area contributed by atoms with Gasteiger partial charge in [-0.2, -0.15) is 0 Å². The van der Waals surface area contributed by atoms with Crippen LogP contribution in [-0.2, 0) is 0 Å². The topological polar surface area (TPSA) is 76.0 Å². The van der Waals surface area contributed by atoms with Crippen molar-refractivity contribution in [1.29, 1.82) is 0 Å². The van der Waals surface area contributed by atoms with Gasteiger partial charge in [0.25, 0.3) is 0 Å². The summed E-state index contributed by atoms with van der Waals surface area (Å²) in [5, 5.41) is 32.0. The molecule has 1 aromatic rings. The number of phenolic OH excluding ortho intramolecular Hbond substituents is 3. The third kappa shape index (κ3) is 2.49. The molecule has 1 aromatic carbocycles. The van der Waals surface area contributed by atoms with Crippen molar-refractivity contribution in [2.75, 3.05) is 32.9 Å². The van der Waals surface area contributed by atoms with Crippen LogP contribution in [0.5, 0.6) is 17.2 Å². The van der Waals surface area contributed by atoms with Gasteiger partial charge in [0.2, 0.25) is 0 Å². The molecule has 6 heteroatoms. The SMILES string of the molecule is Oc1cc(O)c([C@H](CF)N2CCNCC2)c(O)c1. The quantitative estimate of drug-likeness (QED) is 0.641. The maximum Gasteiger partial charge on any atom is 0.127 e. The number of rotatable bonds is 3. The summed E-state index contributed by atoms with van der Waals surface area (Å²) in [6, 6.07) is 1.53. The summed E-state index contributed by atoms with van der Waals surface area (Å²) < 4.78 is 13.2. The zero-order chi connectivity index (χ0) is 13.1. The Labute approximate surface area is 104 Å². The van der Waals surface area contributed by atoms with E-state index in [4.69, 9.17) is 0 Å². The van der Waals surface area contributed by atoms with Crippen molar-refractivity contribution < 1.29 is 19.7 Å². The lowest BCUT2D eigenvalue weighted by molar-refractivity contribution is 0.142. The summed E-state index contributed by atoms with van der Waals surface area (Å²) in [6.07, 6.45) is 0. The zero-order valence-electron chi connectivity index (χ0n) is 9.93. The number of nitrogens with one attached hydrogen (secondary N) is 1. The average Bonchev–Trinajstić information content (AvgIpc) is 2.34. The monoisotopic (exact) mass is 256 g/mol. The second kappa shape index (κ2) is 5.41. The first-order valence-corrected chi connectivity index (χ1v) is 5.89. The molecule has 0 unspecified atom stereocenters. The van der Waals surface area contributed by atoms with Crippen molar-refractivity contribution in [3.8, 4) is 17.2 Å². The number of hydrogen-bond acceptors (Lipinski definition) is 5. The fourth-order valence-electron chi connectivity index (χ4n) is 2.30. The Morgan fingerprint density at radius 2 is 1.72 bits per heavy atom. The highest BCUT2D eigenvalue weighted by Crippen LogP contribution is 2.39. The van der Waals surface area contributed by atoms with Crippen LogP contribution in [-0.4, -0.2) is 53.1 Å². The Balaban J connectivity index is 2.32. The van der Waals surface area contributed by atoms with Gasteiger partial charge in [-0.15, -0.1) is 0 Å². The summed E-state index contributed by atoms with van der Waals surface area (Å²) in [7, 11) is 0. The molecule has 0 spiro atoms. The number of aromatic hydroxyl groups is 3. The molecule has 0 amide bonds. The molecule has 1 aliphatic rings. The van der Waals surface area contributed by atoms with Gasteiger partial charge in [-0.1, -0.05) is 0 Å². The van der Waals surface area contributed by atoms with Crippen LogP contribution in [0.4, 0.5) is 4.39 Å². The second-order valence-electron chi connectivity index (χ2n) is 4.35. The van der Waals surface area contributed by atoms with E-state index in [1.165, 1.54) is 0 Å². The Hall–Kier alpha value is -1.53. The van der Waals surface area contributed by atoms with Crippen LogP contribution >= 0.6 is 0 Å². The van der Waals surface area contributed by atoms with E-state index in [-0.39, 0.29) is 22.8 Å². The van der Waals surface area contributed by atoms with Gasteiger partial charge in [-0.05, 0) is 0 Å². The molecule has 0 radical (unpaired) electrons. The first-order chi connectivity index (χ1) is 8.63. The number of benzene rings is 1. The summed E-state index contributed by atoms with van der Waals surface area (Å²) in [6.45, 7) is 2.08. The van der Waals surface area contributed by atoms with Gasteiger partial charge in [0.05, 0.1) is 11.6 Å². The van der Waals surface area contributed by atoms with Crippen molar-refractivity contribution in [3.05, 3.63) is 17.7 Å². The van der Waals surface area contributed by atoms with E-state index in [9.17, 15) is 19.7 Å². The van der Waals surface area contributed by atoms with Crippen molar-refractivity contribution >= 4 is 0 Å². The van der Waals surface area contributed by atoms with E-state index in [1.807, 2.05) is 4.90 Å². The minimum atomic E-state index is -0.702. The first kappa shape index (κ1) is 12.9. The maximum absolute atomic E-state index is 13.2. The highest BCUT2D eigenvalue weighted by molar-refractivity contribution is 5.50. The van der Waals surface area contributed by atoms with Gasteiger partial charge < -0.3 is 20.6 Å². The van der Waals surface area contributed by atoms with Crippen molar-refractivity contribution in [1.82, 2.24) is 10.2 Å². The fraction of sp³-hybridized carbons (Fsp3) is 0.500. The lowest BCUT2D eigenvalue weighted by Crippen LogP contribution is -2.45. The molecule has 1 aliphatic heterocycles. The molecule has 0 aliphatic carbocycles. The Morgan fingerprint density at radius 3 is 2.22 bits per heavy atom. The second-order valence-corrected chi connectivity index (χ2v) is 4.35. The van der Waals surface area contributed by atoms with Crippen LogP contribution in [0, 0.1) is 0 Å². The number of piperazine rings is 1. The molecular weight excluding hydrogens is 239 g/mol. The van der Waals surface area contributed by atoms with E-state index in [0.29, 0.717) is 13.1 Å². The van der Waals surface area contributed by atoms with E-state index >= 15 is 0 Å². The average molecular weight is 256 g/mol. The van der Waals surface area contributed by atoms with Gasteiger partial charge in [0.15, 0.2) is 0 Å². The summed E-state index contributed by atoms with van der Waals surface area (Å²) in [5.74, 6) is -0.811. The third-order valence-electron chi connectivity index (χ3n) is 3.19. The van der Waals surface area contributed by atoms with Gasteiger partial charge in [0.1, 0.15) is 23.9 Å². The summed E-state index contributed by atoms with van der Waals surface area (Å²) in [5.41, 5.74) is 0.136. The van der Waals surface area contributed by atoms with Crippen molar-refractivity contribution in [2.45, 2.75) is 6.04 Å². The number of hydrogen-bond donors (Lipinski definition) is 4. The fourth-order valence-corrected chi connectivity index (χ4v) is 2.30. The number of nitrogens with zero attached hydrogens (tertiary/aromatic N) is 1. The molecule has 100 valence electrons. The minimum absolute atomic E-state index is 0.136. The van der Waals surface area contributed by atoms with Crippen LogP contribution in [0.2, 0.25) is 0 Å². The van der Waals surface area contributed by atoms with Crippen molar-refractivity contribution in [3.63, 3.8) is 0 Å². The molecule has 0 saturated carbocycles. The Kier molecular flexibility index (Phi) is 3.88. The molecule has 1 fully saturated rings. The molecule has 4 N–H and O–H groups in total. The molecule has 2 rings (SSSR count). The van der Waals surface area contributed by atoms with E-state index in [0.717, 1.165) is 25.2 Å². The van der Waals surface area contributed by atoms with Crippen LogP contribution in [0.3, 0.4) is 0 Å². The Morgan fingerprint density at radius 1 is 1.17 bits per heavy atom. The Bertz CT molecular complexity index is 399. The molecule has 5 nitrogen and oxygen atoms in total. The number of alkyl halides is 1. The van der Waals surface area contributed by atoms with E-state index < -0.39 is 12.7 Å². The number of phenols is 3. The van der Waals surface area contributed by atoms with Gasteiger partial charge >= 0.3 is 0 Å². The smallest absolute Gasteiger partial charge is 0.127 e. The standard InChI is InChI=1S/C12H17FN2O3/c13-7-9(15-3-1-14-2-4-15)12-10(17)5-8(16)6-11(12)18/h5-6,9,14,16-18H,1-4,7H2/t9-/m0/s1. The molecular formula is C12H17FN2O3. The molecule has 1 saturated heterocycles. The highest BCUT2D eigenvalue weighted by atomic mass is 19.1. The minimum Gasteiger partial charge on any atom is -0.508 e. The lowest BCUT2D eigenvalue weighted by Gasteiger charge is -2.34. The maximum atomic E-state index is 13.2. The highest BCUT2D eigenvalue weighted by Gasteiger charge is 2.27. The molecule has 1 heterocycles. The van der Waals surface area contributed by atoms with Crippen molar-refractivity contribution in [2.24, 2.45) is 0 Å². The van der Waals surface area contributed by atoms with Crippen LogP contribution in [0.1, 0.15) is 11.6 Å². The largest absolute Gasteiger partial charge is 0.508 e. The summed E-state index contributed by atoms with van der Waals surface area (Å²) in [4.78, 5) is 1.86.